The van der Waals surface area contributed by atoms with E-state index in [9.17, 15) is 4.79 Å². The molecule has 1 aromatic heterocycles. The maximum absolute atomic E-state index is 12.3. The minimum absolute atomic E-state index is 0. The smallest absolute Gasteiger partial charge is 0.223 e. The number of aryl methyl sites for hydroxylation is 1. The minimum Gasteiger partial charge on any atom is -0.354 e. The van der Waals surface area contributed by atoms with Crippen molar-refractivity contribution in [1.82, 2.24) is 20.9 Å². The molecule has 2 unspecified atom stereocenters. The van der Waals surface area contributed by atoms with Gasteiger partial charge >= 0.3 is 0 Å². The second-order valence-electron chi connectivity index (χ2n) is 6.78. The van der Waals surface area contributed by atoms with Crippen LogP contribution in [0.5, 0.6) is 0 Å². The molecule has 0 aromatic carbocycles. The number of aliphatic imine (C=N–C) groups is 1. The lowest BCUT2D eigenvalue weighted by molar-refractivity contribution is -0.126. The molecule has 2 fully saturated rings. The van der Waals surface area contributed by atoms with E-state index in [0.717, 1.165) is 49.5 Å². The Hall–Kier alpha value is -0.900. The van der Waals surface area contributed by atoms with Gasteiger partial charge in [-0.05, 0) is 39.0 Å². The predicted octanol–water partition coefficient (Wildman–Crippen LogP) is 2.57. The number of hydrogen-bond acceptors (Lipinski definition) is 4. The molecule has 0 aliphatic heterocycles. The fraction of sp³-hybridized carbons (Fsp3) is 0.706. The van der Waals surface area contributed by atoms with Crippen molar-refractivity contribution in [2.45, 2.75) is 64.1 Å². The summed E-state index contributed by atoms with van der Waals surface area (Å²) >= 11 is 1.69. The summed E-state index contributed by atoms with van der Waals surface area (Å²) < 4.78 is 0. The van der Waals surface area contributed by atoms with Crippen molar-refractivity contribution >= 4 is 47.2 Å². The molecule has 0 radical (unpaired) electrons. The zero-order valence-electron chi connectivity index (χ0n) is 14.9. The van der Waals surface area contributed by atoms with Crippen LogP contribution >= 0.6 is 35.3 Å². The van der Waals surface area contributed by atoms with E-state index in [0.29, 0.717) is 18.6 Å². The van der Waals surface area contributed by atoms with Crippen molar-refractivity contribution < 1.29 is 4.79 Å². The van der Waals surface area contributed by atoms with Crippen LogP contribution in [0.2, 0.25) is 0 Å². The summed E-state index contributed by atoms with van der Waals surface area (Å²) in [6.45, 7) is 2.74. The lowest BCUT2D eigenvalue weighted by atomic mass is 9.85. The van der Waals surface area contributed by atoms with Crippen molar-refractivity contribution in [3.05, 3.63) is 16.1 Å². The molecular weight excluding hydrogens is 449 g/mol. The van der Waals surface area contributed by atoms with E-state index in [1.807, 2.05) is 6.20 Å². The first kappa shape index (κ1) is 20.4. The Labute approximate surface area is 170 Å². The first-order chi connectivity index (χ1) is 11.6. The third-order valence-electron chi connectivity index (χ3n) is 4.61. The van der Waals surface area contributed by atoms with Crippen LogP contribution in [0.1, 0.15) is 48.4 Å². The maximum Gasteiger partial charge on any atom is 0.223 e. The monoisotopic (exact) mass is 477 g/mol. The molecule has 2 aliphatic rings. The number of halogens is 1. The number of hydrogen-bond donors (Lipinski definition) is 3. The van der Waals surface area contributed by atoms with Gasteiger partial charge in [-0.3, -0.25) is 9.79 Å². The van der Waals surface area contributed by atoms with Crippen LogP contribution in [0.4, 0.5) is 0 Å². The van der Waals surface area contributed by atoms with Crippen LogP contribution in [0.25, 0.3) is 0 Å². The standard InChI is InChI=1S/C17H27N5OS.HI/c1-11-9-19-15(24-11)10-20-17(18-2)22-14-5-3-4-12(8-14)16(23)21-13-6-7-13;/h9,12-14H,3-8,10H2,1-2H3,(H,21,23)(H2,18,20,22);1H. The van der Waals surface area contributed by atoms with Gasteiger partial charge < -0.3 is 16.0 Å². The molecule has 3 N–H and O–H groups in total. The van der Waals surface area contributed by atoms with Crippen molar-refractivity contribution in [3.63, 3.8) is 0 Å². The zero-order valence-corrected chi connectivity index (χ0v) is 18.0. The fourth-order valence-electron chi connectivity index (χ4n) is 3.14. The Kier molecular flexibility index (Phi) is 7.92. The summed E-state index contributed by atoms with van der Waals surface area (Å²) in [7, 11) is 1.78. The summed E-state index contributed by atoms with van der Waals surface area (Å²) in [4.78, 5) is 22.1. The normalized spacial score (nSPS) is 23.5. The van der Waals surface area contributed by atoms with Crippen molar-refractivity contribution in [1.29, 1.82) is 0 Å². The SMILES string of the molecule is CN=C(NCc1ncc(C)s1)NC1CCCC(C(=O)NC2CC2)C1.I. The molecule has 0 saturated heterocycles. The van der Waals surface area contributed by atoms with Crippen LogP contribution in [-0.4, -0.2) is 36.0 Å². The first-order valence-electron chi connectivity index (χ1n) is 8.83. The Morgan fingerprint density at radius 2 is 2.08 bits per heavy atom. The number of aromatic nitrogens is 1. The molecule has 3 rings (SSSR count). The van der Waals surface area contributed by atoms with Gasteiger partial charge in [-0.25, -0.2) is 4.98 Å². The van der Waals surface area contributed by atoms with E-state index in [-0.39, 0.29) is 35.8 Å². The zero-order chi connectivity index (χ0) is 16.9. The third kappa shape index (κ3) is 6.40. The van der Waals surface area contributed by atoms with E-state index in [4.69, 9.17) is 0 Å². The Bertz CT molecular complexity index is 602. The van der Waals surface area contributed by atoms with E-state index < -0.39 is 0 Å². The second kappa shape index (κ2) is 9.70. The molecule has 2 aliphatic carbocycles. The molecule has 1 heterocycles. The number of amides is 1. The molecule has 0 spiro atoms. The van der Waals surface area contributed by atoms with Crippen LogP contribution in [0.3, 0.4) is 0 Å². The fourth-order valence-corrected chi connectivity index (χ4v) is 3.86. The van der Waals surface area contributed by atoms with Crippen molar-refractivity contribution in [2.75, 3.05) is 7.05 Å². The Balaban J connectivity index is 0.00000225. The van der Waals surface area contributed by atoms with Gasteiger partial charge in [0.15, 0.2) is 5.96 Å². The highest BCUT2D eigenvalue weighted by atomic mass is 127. The Morgan fingerprint density at radius 1 is 1.28 bits per heavy atom. The molecule has 25 heavy (non-hydrogen) atoms. The highest BCUT2D eigenvalue weighted by molar-refractivity contribution is 14.0. The van der Waals surface area contributed by atoms with E-state index >= 15 is 0 Å². The van der Waals surface area contributed by atoms with Crippen LogP contribution in [0, 0.1) is 12.8 Å². The molecule has 1 amide bonds. The van der Waals surface area contributed by atoms with Crippen LogP contribution < -0.4 is 16.0 Å². The molecule has 140 valence electrons. The molecular formula is C17H28IN5OS. The summed E-state index contributed by atoms with van der Waals surface area (Å²) in [5.74, 6) is 1.16. The molecule has 2 atom stereocenters. The topological polar surface area (TPSA) is 78.4 Å². The lowest BCUT2D eigenvalue weighted by Gasteiger charge is -2.30. The number of guanidine groups is 1. The minimum atomic E-state index is 0. The van der Waals surface area contributed by atoms with Gasteiger partial charge in [0, 0.05) is 36.1 Å². The average molecular weight is 477 g/mol. The molecule has 0 bridgehead atoms. The number of nitrogens with one attached hydrogen (secondary N) is 3. The highest BCUT2D eigenvalue weighted by Gasteiger charge is 2.31. The highest BCUT2D eigenvalue weighted by Crippen LogP contribution is 2.26. The lowest BCUT2D eigenvalue weighted by Crippen LogP contribution is -2.47. The molecule has 2 saturated carbocycles. The maximum atomic E-state index is 12.3. The Morgan fingerprint density at radius 3 is 2.72 bits per heavy atom. The second-order valence-corrected chi connectivity index (χ2v) is 8.10. The van der Waals surface area contributed by atoms with Gasteiger partial charge in [0.2, 0.25) is 5.91 Å². The number of nitrogens with zero attached hydrogens (tertiary/aromatic N) is 2. The van der Waals surface area contributed by atoms with Gasteiger partial charge in [-0.15, -0.1) is 35.3 Å². The van der Waals surface area contributed by atoms with Crippen molar-refractivity contribution in [2.24, 2.45) is 10.9 Å². The van der Waals surface area contributed by atoms with Gasteiger partial charge in [-0.2, -0.15) is 0 Å². The van der Waals surface area contributed by atoms with Gasteiger partial charge in [-0.1, -0.05) is 6.42 Å². The summed E-state index contributed by atoms with van der Waals surface area (Å²) in [6, 6.07) is 0.750. The third-order valence-corrected chi connectivity index (χ3v) is 5.52. The average Bonchev–Trinajstić information content (AvgIpc) is 3.30. The molecule has 8 heteroatoms. The molecule has 1 aromatic rings. The summed E-state index contributed by atoms with van der Waals surface area (Å²) in [5.41, 5.74) is 0. The van der Waals surface area contributed by atoms with E-state index in [2.05, 4.69) is 32.9 Å². The summed E-state index contributed by atoms with van der Waals surface area (Å²) in [6.07, 6.45) is 8.24. The molecule has 6 nitrogen and oxygen atoms in total. The van der Waals surface area contributed by atoms with Gasteiger partial charge in [0.1, 0.15) is 5.01 Å². The van der Waals surface area contributed by atoms with E-state index in [1.54, 1.807) is 18.4 Å². The number of carbonyl (C=O) groups excluding carboxylic acids is 1. The first-order valence-corrected chi connectivity index (χ1v) is 9.64. The number of rotatable bonds is 5. The number of thiazole rings is 1. The van der Waals surface area contributed by atoms with Gasteiger partial charge in [0.25, 0.3) is 0 Å². The number of carbonyl (C=O) groups is 1. The largest absolute Gasteiger partial charge is 0.354 e. The van der Waals surface area contributed by atoms with E-state index in [1.165, 1.54) is 4.88 Å². The summed E-state index contributed by atoms with van der Waals surface area (Å²) in [5, 5.41) is 11.0. The predicted molar refractivity (Wildman–Crippen MR) is 113 cm³/mol. The van der Waals surface area contributed by atoms with Gasteiger partial charge in [0.05, 0.1) is 6.54 Å². The van der Waals surface area contributed by atoms with Crippen LogP contribution in [-0.2, 0) is 11.3 Å². The van der Waals surface area contributed by atoms with Crippen molar-refractivity contribution in [3.8, 4) is 0 Å². The quantitative estimate of drug-likeness (QED) is 0.346. The van der Waals surface area contributed by atoms with Crippen LogP contribution in [0.15, 0.2) is 11.2 Å².